The average molecular weight is 368 g/mol. The number of aliphatic hydroxyl groups is 1. The number of hydrogen-bond donors (Lipinski definition) is 2. The maximum absolute atomic E-state index is 12.8. The summed E-state index contributed by atoms with van der Waals surface area (Å²) in [6, 6.07) is 6.96. The Hall–Kier alpha value is -3.07. The molecule has 2 aromatic heterocycles. The van der Waals surface area contributed by atoms with E-state index in [4.69, 9.17) is 0 Å². The molecule has 0 radical (unpaired) electrons. The van der Waals surface area contributed by atoms with E-state index in [-0.39, 0.29) is 29.8 Å². The van der Waals surface area contributed by atoms with Crippen LogP contribution in [0.25, 0.3) is 10.9 Å². The van der Waals surface area contributed by atoms with Crippen LogP contribution in [-0.4, -0.2) is 53.7 Å². The molecule has 3 aromatic rings. The van der Waals surface area contributed by atoms with Gasteiger partial charge in [0.25, 0.3) is 11.5 Å². The van der Waals surface area contributed by atoms with Crippen molar-refractivity contribution in [2.75, 3.05) is 13.1 Å². The van der Waals surface area contributed by atoms with E-state index in [9.17, 15) is 14.7 Å². The van der Waals surface area contributed by atoms with Gasteiger partial charge in [-0.05, 0) is 25.0 Å². The number of amides is 1. The molecule has 0 unspecified atom stereocenters. The predicted molar refractivity (Wildman–Crippen MR) is 97.2 cm³/mol. The molecule has 1 saturated heterocycles. The molecule has 1 aromatic carbocycles. The first-order valence-corrected chi connectivity index (χ1v) is 8.86. The summed E-state index contributed by atoms with van der Waals surface area (Å²) < 4.78 is 1.81. The van der Waals surface area contributed by atoms with Crippen LogP contribution in [-0.2, 0) is 13.7 Å². The van der Waals surface area contributed by atoms with Crippen LogP contribution in [0, 0.1) is 0 Å². The summed E-state index contributed by atoms with van der Waals surface area (Å²) in [6.45, 7) is 0.935. The molecular weight excluding hydrogens is 348 g/mol. The van der Waals surface area contributed by atoms with Gasteiger partial charge in [-0.1, -0.05) is 12.1 Å². The molecule has 140 valence electrons. The number of H-pyrrole nitrogens is 1. The topological polar surface area (TPSA) is 117 Å². The number of rotatable bonds is 3. The molecule has 0 aliphatic carbocycles. The van der Waals surface area contributed by atoms with Gasteiger partial charge >= 0.3 is 0 Å². The minimum absolute atomic E-state index is 0.0679. The van der Waals surface area contributed by atoms with E-state index < -0.39 is 0 Å². The molecule has 0 bridgehead atoms. The fourth-order valence-electron chi connectivity index (χ4n) is 3.55. The summed E-state index contributed by atoms with van der Waals surface area (Å²) in [4.78, 5) is 33.6. The first-order valence-electron chi connectivity index (χ1n) is 8.86. The van der Waals surface area contributed by atoms with E-state index in [1.165, 1.54) is 0 Å². The largest absolute Gasteiger partial charge is 0.388 e. The van der Waals surface area contributed by atoms with Crippen molar-refractivity contribution in [1.29, 1.82) is 0 Å². The van der Waals surface area contributed by atoms with Crippen LogP contribution in [0.2, 0.25) is 0 Å². The number of nitrogens with zero attached hydrogens (tertiary/aromatic N) is 5. The molecule has 2 N–H and O–H groups in total. The third-order valence-electron chi connectivity index (χ3n) is 5.10. The molecule has 27 heavy (non-hydrogen) atoms. The lowest BCUT2D eigenvalue weighted by molar-refractivity contribution is 0.0698. The molecule has 0 atom stereocenters. The van der Waals surface area contributed by atoms with Crippen molar-refractivity contribution in [3.63, 3.8) is 0 Å². The highest BCUT2D eigenvalue weighted by Gasteiger charge is 2.28. The normalized spacial score (nSPS) is 15.4. The van der Waals surface area contributed by atoms with Crippen molar-refractivity contribution >= 4 is 16.8 Å². The van der Waals surface area contributed by atoms with Crippen LogP contribution < -0.4 is 5.56 Å². The number of carbonyl (C=O) groups excluding carboxylic acids is 1. The third-order valence-corrected chi connectivity index (χ3v) is 5.10. The number of carbonyl (C=O) groups is 1. The number of benzene rings is 1. The van der Waals surface area contributed by atoms with Crippen LogP contribution >= 0.6 is 0 Å². The molecule has 4 rings (SSSR count). The minimum atomic E-state index is -0.311. The smallest absolute Gasteiger partial charge is 0.289 e. The quantitative estimate of drug-likeness (QED) is 0.698. The highest BCUT2D eigenvalue weighted by molar-refractivity contribution is 5.92. The number of likely N-dealkylation sites (tertiary alicyclic amines) is 1. The SMILES string of the molecule is Cn1c(CO)nnc1C1CCN(C(=O)c2nc3ccccc3c(=O)[nH]2)CC1. The number of nitrogens with one attached hydrogen (secondary N) is 1. The van der Waals surface area contributed by atoms with Gasteiger partial charge in [-0.2, -0.15) is 0 Å². The summed E-state index contributed by atoms with van der Waals surface area (Å²) in [7, 11) is 1.84. The standard InChI is InChI=1S/C18H20N6O3/c1-23-14(10-25)21-22-16(23)11-6-8-24(9-7-11)18(27)15-19-13-5-3-2-4-12(13)17(26)20-15/h2-5,11,25H,6-10H2,1H3,(H,19,20,26). The fourth-order valence-corrected chi connectivity index (χ4v) is 3.55. The van der Waals surface area contributed by atoms with Crippen molar-refractivity contribution in [2.45, 2.75) is 25.4 Å². The molecule has 0 saturated carbocycles. The second-order valence-electron chi connectivity index (χ2n) is 6.69. The van der Waals surface area contributed by atoms with Crippen molar-refractivity contribution in [3.05, 3.63) is 52.1 Å². The summed E-state index contributed by atoms with van der Waals surface area (Å²) in [5, 5.41) is 17.9. The van der Waals surface area contributed by atoms with Gasteiger partial charge in [-0.3, -0.25) is 9.59 Å². The van der Waals surface area contributed by atoms with E-state index in [0.29, 0.717) is 29.8 Å². The fraction of sp³-hybridized carbons (Fsp3) is 0.389. The van der Waals surface area contributed by atoms with Gasteiger partial charge in [0.15, 0.2) is 11.6 Å². The van der Waals surface area contributed by atoms with E-state index in [1.807, 2.05) is 11.6 Å². The second kappa shape index (κ2) is 6.92. The molecule has 3 heterocycles. The van der Waals surface area contributed by atoms with E-state index in [2.05, 4.69) is 20.2 Å². The Morgan fingerprint density at radius 2 is 2.00 bits per heavy atom. The summed E-state index contributed by atoms with van der Waals surface area (Å²) in [6.07, 6.45) is 1.47. The summed E-state index contributed by atoms with van der Waals surface area (Å²) in [5.41, 5.74) is 0.199. The first-order chi connectivity index (χ1) is 13.1. The van der Waals surface area contributed by atoms with Crippen LogP contribution in [0.3, 0.4) is 0 Å². The van der Waals surface area contributed by atoms with Crippen LogP contribution in [0.1, 0.15) is 41.0 Å². The first kappa shape index (κ1) is 17.3. The van der Waals surface area contributed by atoms with Crippen LogP contribution in [0.5, 0.6) is 0 Å². The molecule has 1 aliphatic rings. The Labute approximate surface area is 154 Å². The Morgan fingerprint density at radius 1 is 1.26 bits per heavy atom. The zero-order valence-electron chi connectivity index (χ0n) is 14.9. The van der Waals surface area contributed by atoms with Crippen LogP contribution in [0.4, 0.5) is 0 Å². The zero-order valence-corrected chi connectivity index (χ0v) is 14.9. The van der Waals surface area contributed by atoms with Crippen molar-refractivity contribution in [3.8, 4) is 0 Å². The van der Waals surface area contributed by atoms with Crippen molar-refractivity contribution in [2.24, 2.45) is 7.05 Å². The average Bonchev–Trinajstić information content (AvgIpc) is 3.08. The number of aromatic amines is 1. The third kappa shape index (κ3) is 3.10. The number of piperidine rings is 1. The van der Waals surface area contributed by atoms with E-state index in [1.54, 1.807) is 29.2 Å². The molecule has 9 heteroatoms. The zero-order chi connectivity index (χ0) is 19.0. The number of aromatic nitrogens is 5. The molecule has 1 aliphatic heterocycles. The van der Waals surface area contributed by atoms with Gasteiger partial charge in [0.05, 0.1) is 10.9 Å². The number of aliphatic hydroxyl groups excluding tert-OH is 1. The Morgan fingerprint density at radius 3 is 2.70 bits per heavy atom. The van der Waals surface area contributed by atoms with Crippen molar-refractivity contribution in [1.82, 2.24) is 29.6 Å². The lowest BCUT2D eigenvalue weighted by Gasteiger charge is -2.31. The number of hydrogen-bond acceptors (Lipinski definition) is 6. The van der Waals surface area contributed by atoms with Gasteiger partial charge in [0.1, 0.15) is 12.4 Å². The second-order valence-corrected chi connectivity index (χ2v) is 6.69. The molecule has 9 nitrogen and oxygen atoms in total. The highest BCUT2D eigenvalue weighted by Crippen LogP contribution is 2.27. The van der Waals surface area contributed by atoms with Crippen LogP contribution in [0.15, 0.2) is 29.1 Å². The Balaban J connectivity index is 1.50. The van der Waals surface area contributed by atoms with Gasteiger partial charge in [0.2, 0.25) is 0 Å². The number of para-hydroxylation sites is 1. The minimum Gasteiger partial charge on any atom is -0.388 e. The molecular formula is C18H20N6O3. The van der Waals surface area contributed by atoms with E-state index in [0.717, 1.165) is 18.7 Å². The molecule has 1 fully saturated rings. The monoisotopic (exact) mass is 368 g/mol. The maximum atomic E-state index is 12.8. The summed E-state index contributed by atoms with van der Waals surface area (Å²) in [5.74, 6) is 1.32. The lowest BCUT2D eigenvalue weighted by atomic mass is 9.96. The lowest BCUT2D eigenvalue weighted by Crippen LogP contribution is -2.39. The van der Waals surface area contributed by atoms with Gasteiger partial charge in [-0.25, -0.2) is 4.98 Å². The highest BCUT2D eigenvalue weighted by atomic mass is 16.3. The maximum Gasteiger partial charge on any atom is 0.289 e. The summed E-state index contributed by atoms with van der Waals surface area (Å²) >= 11 is 0. The van der Waals surface area contributed by atoms with Gasteiger partial charge in [0, 0.05) is 26.1 Å². The molecule has 0 spiro atoms. The number of fused-ring (bicyclic) bond motifs is 1. The molecule has 1 amide bonds. The predicted octanol–water partition coefficient (Wildman–Crippen LogP) is 0.564. The van der Waals surface area contributed by atoms with Gasteiger partial charge < -0.3 is 19.6 Å². The Kier molecular flexibility index (Phi) is 4.44. The van der Waals surface area contributed by atoms with Gasteiger partial charge in [-0.15, -0.1) is 10.2 Å². The Bertz CT molecular complexity index is 1050. The van der Waals surface area contributed by atoms with Crippen molar-refractivity contribution < 1.29 is 9.90 Å². The van der Waals surface area contributed by atoms with E-state index >= 15 is 0 Å².